The monoisotopic (exact) mass is 456 g/mol. The van der Waals surface area contributed by atoms with Crippen LogP contribution in [0.5, 0.6) is 0 Å². The summed E-state index contributed by atoms with van der Waals surface area (Å²) in [5, 5.41) is 10.1. The molecule has 31 heavy (non-hydrogen) atoms. The number of carboxylic acid groups (broad SMARTS) is 1. The molecular weight excluding hydrogens is 436 g/mol. The molecule has 4 rings (SSSR count). The van der Waals surface area contributed by atoms with Gasteiger partial charge in [0.2, 0.25) is 10.0 Å². The molecule has 3 aromatic rings. The molecule has 1 fully saturated rings. The Hall–Kier alpha value is -2.74. The molecule has 1 N–H and O–H groups in total. The third-order valence-electron chi connectivity index (χ3n) is 5.34. The number of aromatic carboxylic acids is 1. The van der Waals surface area contributed by atoms with Gasteiger partial charge in [-0.3, -0.25) is 4.98 Å². The molecule has 0 aliphatic carbocycles. The fourth-order valence-electron chi connectivity index (χ4n) is 3.92. The van der Waals surface area contributed by atoms with Crippen molar-refractivity contribution in [1.29, 1.82) is 0 Å². The van der Waals surface area contributed by atoms with Gasteiger partial charge in [-0.2, -0.15) is 4.31 Å². The number of carboxylic acids is 1. The van der Waals surface area contributed by atoms with Crippen molar-refractivity contribution in [2.75, 3.05) is 6.54 Å². The van der Waals surface area contributed by atoms with Crippen LogP contribution < -0.4 is 0 Å². The van der Waals surface area contributed by atoms with Crippen LogP contribution in [-0.2, 0) is 15.8 Å². The summed E-state index contributed by atoms with van der Waals surface area (Å²) in [6, 6.07) is 18.5. The summed E-state index contributed by atoms with van der Waals surface area (Å²) in [6.07, 6.45) is 1.34. The van der Waals surface area contributed by atoms with E-state index in [0.717, 1.165) is 5.56 Å². The highest BCUT2D eigenvalue weighted by Crippen LogP contribution is 2.36. The van der Waals surface area contributed by atoms with Crippen molar-refractivity contribution in [2.24, 2.45) is 0 Å². The van der Waals surface area contributed by atoms with E-state index in [1.807, 2.05) is 18.2 Å². The van der Waals surface area contributed by atoms with Crippen LogP contribution in [0, 0.1) is 0 Å². The van der Waals surface area contributed by atoms with E-state index in [4.69, 9.17) is 11.6 Å². The predicted molar refractivity (Wildman–Crippen MR) is 119 cm³/mol. The second kappa shape index (κ2) is 8.78. The van der Waals surface area contributed by atoms with Crippen molar-refractivity contribution in [3.05, 3.63) is 88.6 Å². The van der Waals surface area contributed by atoms with E-state index < -0.39 is 22.0 Å². The highest BCUT2D eigenvalue weighted by atomic mass is 35.5. The Morgan fingerprint density at radius 1 is 1.10 bits per heavy atom. The second-order valence-electron chi connectivity index (χ2n) is 7.46. The highest BCUT2D eigenvalue weighted by Gasteiger charge is 2.36. The molecule has 0 unspecified atom stereocenters. The Kier molecular flexibility index (Phi) is 6.09. The van der Waals surface area contributed by atoms with E-state index in [9.17, 15) is 18.3 Å². The van der Waals surface area contributed by atoms with Crippen molar-refractivity contribution < 1.29 is 18.3 Å². The number of rotatable bonds is 6. The molecule has 0 saturated carbocycles. The van der Waals surface area contributed by atoms with E-state index >= 15 is 0 Å². The normalized spacial score (nSPS) is 17.0. The number of hydrogen-bond acceptors (Lipinski definition) is 4. The maximum absolute atomic E-state index is 13.1. The molecule has 2 heterocycles. The number of carbonyl (C=O) groups is 1. The quantitative estimate of drug-likeness (QED) is 0.577. The van der Waals surface area contributed by atoms with E-state index in [0.29, 0.717) is 35.7 Å². The van der Waals surface area contributed by atoms with Crippen molar-refractivity contribution in [3.8, 4) is 11.3 Å². The number of nitrogens with zero attached hydrogens (tertiary/aromatic N) is 2. The number of benzene rings is 2. The molecule has 1 atom stereocenters. The largest absolute Gasteiger partial charge is 0.478 e. The fourth-order valence-corrected chi connectivity index (χ4v) is 5.90. The third kappa shape index (κ3) is 4.63. The van der Waals surface area contributed by atoms with Crippen LogP contribution in [0.25, 0.3) is 11.3 Å². The summed E-state index contributed by atoms with van der Waals surface area (Å²) in [5.74, 6) is -1.19. The molecule has 8 heteroatoms. The van der Waals surface area contributed by atoms with Crippen molar-refractivity contribution in [3.63, 3.8) is 0 Å². The maximum atomic E-state index is 13.1. The van der Waals surface area contributed by atoms with E-state index in [1.165, 1.54) is 10.4 Å². The average molecular weight is 457 g/mol. The third-order valence-corrected chi connectivity index (χ3v) is 7.42. The summed E-state index contributed by atoms with van der Waals surface area (Å²) < 4.78 is 27.8. The minimum absolute atomic E-state index is 0.0442. The van der Waals surface area contributed by atoms with Gasteiger partial charge >= 0.3 is 5.97 Å². The molecular formula is C23H21ClN2O4S. The van der Waals surface area contributed by atoms with Gasteiger partial charge < -0.3 is 5.11 Å². The van der Waals surface area contributed by atoms with Crippen molar-refractivity contribution in [1.82, 2.24) is 9.29 Å². The van der Waals surface area contributed by atoms with Crippen LogP contribution in [0.1, 0.15) is 40.5 Å². The number of hydrogen-bond donors (Lipinski definition) is 1. The van der Waals surface area contributed by atoms with E-state index in [1.54, 1.807) is 42.5 Å². The molecule has 6 nitrogen and oxygen atoms in total. The van der Waals surface area contributed by atoms with Gasteiger partial charge in [-0.15, -0.1) is 0 Å². The van der Waals surface area contributed by atoms with Gasteiger partial charge in [-0.1, -0.05) is 54.1 Å². The SMILES string of the molecule is O=C(O)c1ccc([C@H]2CCCN2S(=O)(=O)Cc2ccccc2)nc1-c1cccc(Cl)c1. The van der Waals surface area contributed by atoms with E-state index in [-0.39, 0.29) is 17.0 Å². The minimum Gasteiger partial charge on any atom is -0.478 e. The first kappa shape index (κ1) is 21.5. The first-order chi connectivity index (χ1) is 14.8. The number of pyridine rings is 1. The zero-order valence-corrected chi connectivity index (χ0v) is 18.2. The summed E-state index contributed by atoms with van der Waals surface area (Å²) in [4.78, 5) is 16.4. The Labute approximate surface area is 186 Å². The summed E-state index contributed by atoms with van der Waals surface area (Å²) >= 11 is 6.09. The lowest BCUT2D eigenvalue weighted by atomic mass is 10.0. The van der Waals surface area contributed by atoms with Gasteiger partial charge in [0.15, 0.2) is 0 Å². The lowest BCUT2D eigenvalue weighted by molar-refractivity contribution is 0.0697. The summed E-state index contributed by atoms with van der Waals surface area (Å²) in [7, 11) is -3.57. The van der Waals surface area contributed by atoms with Crippen molar-refractivity contribution in [2.45, 2.75) is 24.6 Å². The molecule has 0 radical (unpaired) electrons. The molecule has 160 valence electrons. The van der Waals surface area contributed by atoms with Gasteiger partial charge in [-0.25, -0.2) is 13.2 Å². The summed E-state index contributed by atoms with van der Waals surface area (Å²) in [5.41, 5.74) is 2.15. The van der Waals surface area contributed by atoms with Crippen LogP contribution in [0.15, 0.2) is 66.7 Å². The van der Waals surface area contributed by atoms with E-state index in [2.05, 4.69) is 4.98 Å². The number of aromatic nitrogens is 1. The Morgan fingerprint density at radius 3 is 2.58 bits per heavy atom. The molecule has 2 aromatic carbocycles. The van der Waals surface area contributed by atoms with Gasteiger partial charge in [0, 0.05) is 17.1 Å². The van der Waals surface area contributed by atoms with Gasteiger partial charge in [0.25, 0.3) is 0 Å². The lowest BCUT2D eigenvalue weighted by Gasteiger charge is -2.24. The average Bonchev–Trinajstić information content (AvgIpc) is 3.25. The zero-order chi connectivity index (χ0) is 22.0. The van der Waals surface area contributed by atoms with Crippen LogP contribution in [0.4, 0.5) is 0 Å². The minimum atomic E-state index is -3.57. The zero-order valence-electron chi connectivity index (χ0n) is 16.6. The molecule has 0 bridgehead atoms. The predicted octanol–water partition coefficient (Wildman–Crippen LogP) is 4.77. The fraction of sp³-hybridized carbons (Fsp3) is 0.217. The first-order valence-electron chi connectivity index (χ1n) is 9.89. The smallest absolute Gasteiger partial charge is 0.337 e. The molecule has 1 aliphatic rings. The lowest BCUT2D eigenvalue weighted by Crippen LogP contribution is -2.32. The van der Waals surface area contributed by atoms with Gasteiger partial charge in [0.05, 0.1) is 28.7 Å². The van der Waals surface area contributed by atoms with Crippen molar-refractivity contribution >= 4 is 27.6 Å². The Bertz CT molecular complexity index is 1220. The molecule has 1 aliphatic heterocycles. The molecule has 1 saturated heterocycles. The molecule has 0 amide bonds. The molecule has 0 spiro atoms. The van der Waals surface area contributed by atoms with Gasteiger partial charge in [0.1, 0.15) is 0 Å². The Balaban J connectivity index is 1.71. The van der Waals surface area contributed by atoms with Gasteiger partial charge in [-0.05, 0) is 42.7 Å². The number of sulfonamides is 1. The standard InChI is InChI=1S/C23H21ClN2O4S/c24-18-9-4-8-17(14-18)22-19(23(27)28)11-12-20(25-22)21-10-5-13-26(21)31(29,30)15-16-6-2-1-3-7-16/h1-4,6-9,11-12,14,21H,5,10,13,15H2,(H,27,28)/t21-/m1/s1. The summed E-state index contributed by atoms with van der Waals surface area (Å²) in [6.45, 7) is 0.411. The van der Waals surface area contributed by atoms with Crippen LogP contribution in [0.2, 0.25) is 5.02 Å². The first-order valence-corrected chi connectivity index (χ1v) is 11.9. The number of halogens is 1. The maximum Gasteiger partial charge on any atom is 0.337 e. The Morgan fingerprint density at radius 2 is 1.87 bits per heavy atom. The highest BCUT2D eigenvalue weighted by molar-refractivity contribution is 7.88. The van der Waals surface area contributed by atoms with Crippen LogP contribution >= 0.6 is 11.6 Å². The second-order valence-corrected chi connectivity index (χ2v) is 9.82. The van der Waals surface area contributed by atoms with Crippen LogP contribution in [-0.4, -0.2) is 35.3 Å². The topological polar surface area (TPSA) is 87.6 Å². The van der Waals surface area contributed by atoms with Crippen LogP contribution in [0.3, 0.4) is 0 Å². The molecule has 1 aromatic heterocycles.